The zero-order chi connectivity index (χ0) is 34.4. The van der Waals surface area contributed by atoms with E-state index in [-0.39, 0.29) is 36.1 Å². The average molecular weight is 678 g/mol. The largest absolute Gasteiger partial charge is 0.344 e. The van der Waals surface area contributed by atoms with Crippen LogP contribution in [0.1, 0.15) is 82.5 Å². The quantitative estimate of drug-likeness (QED) is 0.388. The maximum Gasteiger partial charge on any atom is 0.245 e. The van der Waals surface area contributed by atoms with Crippen molar-refractivity contribution >= 4 is 35.2 Å². The Hall–Kier alpha value is -3.43. The molecule has 260 valence electrons. The van der Waals surface area contributed by atoms with E-state index in [0.29, 0.717) is 49.1 Å². The number of carbonyl (C=O) groups excluding carboxylic acids is 4. The third-order valence-corrected chi connectivity index (χ3v) is 10.6. The molecule has 0 spiro atoms. The highest BCUT2D eigenvalue weighted by Gasteiger charge is 2.36. The summed E-state index contributed by atoms with van der Waals surface area (Å²) in [5, 5.41) is 3.71. The molecule has 3 aliphatic heterocycles. The molecular formula is C38H52ClN5O4. The first-order chi connectivity index (χ1) is 23.0. The van der Waals surface area contributed by atoms with Crippen LogP contribution in [0, 0.1) is 5.92 Å². The zero-order valence-corrected chi connectivity index (χ0v) is 29.8. The molecule has 3 aliphatic rings. The Morgan fingerprint density at radius 1 is 0.833 bits per heavy atom. The standard InChI is InChI=1S/C38H52ClN5O4/c1-26(2)25-44(32-14-18-41(19-15-32)27(3)45)33-16-20-42(21-17-33)38(48)35(23-29-9-11-31(39)12-10-29)40-37(47)24-36-34-8-6-5-7-30(34)13-22-43(36)28(4)46/h5-12,26,32-33,35-36H,13-25H2,1-4H3,(H,40,47). The number of hydrogen-bond acceptors (Lipinski definition) is 5. The molecule has 3 heterocycles. The van der Waals surface area contributed by atoms with Gasteiger partial charge in [0.15, 0.2) is 0 Å². The fraction of sp³-hybridized carbons (Fsp3) is 0.579. The van der Waals surface area contributed by atoms with Crippen LogP contribution in [0.25, 0.3) is 0 Å². The molecule has 1 N–H and O–H groups in total. The summed E-state index contributed by atoms with van der Waals surface area (Å²) in [6, 6.07) is 15.1. The molecule has 10 heteroatoms. The van der Waals surface area contributed by atoms with Gasteiger partial charge in [0, 0.05) is 76.6 Å². The van der Waals surface area contributed by atoms with E-state index >= 15 is 0 Å². The number of fused-ring (bicyclic) bond motifs is 1. The van der Waals surface area contributed by atoms with E-state index in [4.69, 9.17) is 11.6 Å². The van der Waals surface area contributed by atoms with E-state index in [1.54, 1.807) is 30.9 Å². The lowest BCUT2D eigenvalue weighted by molar-refractivity contribution is -0.139. The average Bonchev–Trinajstić information content (AvgIpc) is 3.07. The molecule has 0 radical (unpaired) electrons. The van der Waals surface area contributed by atoms with E-state index in [0.717, 1.165) is 68.4 Å². The van der Waals surface area contributed by atoms with Gasteiger partial charge in [-0.1, -0.05) is 61.8 Å². The molecule has 0 saturated carbocycles. The molecule has 5 rings (SSSR count). The van der Waals surface area contributed by atoms with Crippen molar-refractivity contribution in [1.29, 1.82) is 0 Å². The number of hydrogen-bond donors (Lipinski definition) is 1. The maximum absolute atomic E-state index is 14.2. The van der Waals surface area contributed by atoms with Gasteiger partial charge in [0.2, 0.25) is 23.6 Å². The van der Waals surface area contributed by atoms with E-state index in [1.165, 1.54) is 0 Å². The summed E-state index contributed by atoms with van der Waals surface area (Å²) >= 11 is 6.15. The lowest BCUT2D eigenvalue weighted by atomic mass is 9.90. The second kappa shape index (κ2) is 16.3. The van der Waals surface area contributed by atoms with Crippen LogP contribution in [0.2, 0.25) is 5.02 Å². The Morgan fingerprint density at radius 3 is 2.02 bits per heavy atom. The minimum atomic E-state index is -0.734. The number of piperidine rings is 2. The SMILES string of the molecule is CC(=O)N1CCC(N(CC(C)C)C2CCN(C(=O)C(Cc3ccc(Cl)cc3)NC(=O)CC3c4ccccc4CCN3C(C)=O)CC2)CC1. The predicted molar refractivity (Wildman–Crippen MR) is 188 cm³/mol. The van der Waals surface area contributed by atoms with Gasteiger partial charge in [-0.2, -0.15) is 0 Å². The van der Waals surface area contributed by atoms with Gasteiger partial charge in [-0.3, -0.25) is 24.1 Å². The third kappa shape index (κ3) is 8.97. The van der Waals surface area contributed by atoms with Crippen LogP contribution in [-0.4, -0.2) is 101 Å². The number of likely N-dealkylation sites (tertiary alicyclic amines) is 2. The summed E-state index contributed by atoms with van der Waals surface area (Å²) < 4.78 is 0. The molecule has 0 aliphatic carbocycles. The molecule has 2 aromatic carbocycles. The van der Waals surface area contributed by atoms with E-state index < -0.39 is 6.04 Å². The van der Waals surface area contributed by atoms with Crippen LogP contribution in [0.5, 0.6) is 0 Å². The monoisotopic (exact) mass is 677 g/mol. The topological polar surface area (TPSA) is 93.3 Å². The molecule has 0 bridgehead atoms. The van der Waals surface area contributed by atoms with Gasteiger partial charge in [0.25, 0.3) is 0 Å². The highest BCUT2D eigenvalue weighted by atomic mass is 35.5. The first-order valence-electron chi connectivity index (χ1n) is 17.7. The molecule has 2 fully saturated rings. The molecule has 2 atom stereocenters. The highest BCUT2D eigenvalue weighted by Crippen LogP contribution is 2.32. The van der Waals surface area contributed by atoms with E-state index in [2.05, 4.69) is 30.1 Å². The van der Waals surface area contributed by atoms with E-state index in [9.17, 15) is 19.2 Å². The molecule has 48 heavy (non-hydrogen) atoms. The van der Waals surface area contributed by atoms with Crippen molar-refractivity contribution in [3.8, 4) is 0 Å². The second-order valence-corrected chi connectivity index (χ2v) is 14.7. The van der Waals surface area contributed by atoms with Crippen LogP contribution < -0.4 is 5.32 Å². The normalized spacial score (nSPS) is 19.7. The highest BCUT2D eigenvalue weighted by molar-refractivity contribution is 6.30. The van der Waals surface area contributed by atoms with Gasteiger partial charge in [-0.25, -0.2) is 0 Å². The fourth-order valence-corrected chi connectivity index (χ4v) is 8.03. The number of amides is 4. The Kier molecular flexibility index (Phi) is 12.2. The van der Waals surface area contributed by atoms with Gasteiger partial charge in [-0.05, 0) is 66.8 Å². The summed E-state index contributed by atoms with van der Waals surface area (Å²) in [6.07, 6.45) is 4.91. The minimum Gasteiger partial charge on any atom is -0.344 e. The van der Waals surface area contributed by atoms with Crippen molar-refractivity contribution in [3.05, 3.63) is 70.2 Å². The minimum absolute atomic E-state index is 0.0603. The van der Waals surface area contributed by atoms with Gasteiger partial charge in [0.05, 0.1) is 12.5 Å². The van der Waals surface area contributed by atoms with Crippen molar-refractivity contribution in [1.82, 2.24) is 24.9 Å². The summed E-state index contributed by atoms with van der Waals surface area (Å²) in [5.74, 6) is 0.287. The van der Waals surface area contributed by atoms with E-state index in [1.807, 2.05) is 40.1 Å². The van der Waals surface area contributed by atoms with Crippen molar-refractivity contribution in [2.75, 3.05) is 39.3 Å². The first kappa shape index (κ1) is 35.9. The summed E-state index contributed by atoms with van der Waals surface area (Å²) in [6.45, 7) is 12.1. The Bertz CT molecular complexity index is 1430. The van der Waals surface area contributed by atoms with Crippen molar-refractivity contribution in [2.24, 2.45) is 5.92 Å². The molecule has 2 unspecified atom stereocenters. The van der Waals surface area contributed by atoms with Crippen LogP contribution in [0.4, 0.5) is 0 Å². The van der Waals surface area contributed by atoms with Crippen molar-refractivity contribution in [3.63, 3.8) is 0 Å². The molecular weight excluding hydrogens is 626 g/mol. The van der Waals surface area contributed by atoms with Gasteiger partial charge in [0.1, 0.15) is 6.04 Å². The second-order valence-electron chi connectivity index (χ2n) is 14.2. The Labute approximate surface area is 290 Å². The van der Waals surface area contributed by atoms with Gasteiger partial charge < -0.3 is 20.0 Å². The number of rotatable bonds is 10. The summed E-state index contributed by atoms with van der Waals surface area (Å²) in [7, 11) is 0. The number of nitrogens with one attached hydrogen (secondary N) is 1. The lowest BCUT2D eigenvalue weighted by Crippen LogP contribution is -2.56. The van der Waals surface area contributed by atoms with Crippen LogP contribution in [-0.2, 0) is 32.0 Å². The fourth-order valence-electron chi connectivity index (χ4n) is 7.90. The Balaban J connectivity index is 1.27. The van der Waals surface area contributed by atoms with Gasteiger partial charge in [-0.15, -0.1) is 0 Å². The van der Waals surface area contributed by atoms with Crippen LogP contribution in [0.15, 0.2) is 48.5 Å². The summed E-state index contributed by atoms with van der Waals surface area (Å²) in [5.41, 5.74) is 3.07. The Morgan fingerprint density at radius 2 is 1.44 bits per heavy atom. The molecule has 4 amide bonds. The van der Waals surface area contributed by atoms with Crippen LogP contribution in [0.3, 0.4) is 0 Å². The smallest absolute Gasteiger partial charge is 0.245 e. The number of carbonyl (C=O) groups is 4. The molecule has 2 aromatic rings. The number of nitrogens with zero attached hydrogens (tertiary/aromatic N) is 4. The molecule has 9 nitrogen and oxygen atoms in total. The number of benzene rings is 2. The van der Waals surface area contributed by atoms with Crippen molar-refractivity contribution < 1.29 is 19.2 Å². The van der Waals surface area contributed by atoms with Crippen molar-refractivity contribution in [2.45, 2.75) is 96.8 Å². The molecule has 2 saturated heterocycles. The lowest BCUT2D eigenvalue weighted by Gasteiger charge is -2.46. The predicted octanol–water partition coefficient (Wildman–Crippen LogP) is 4.86. The van der Waals surface area contributed by atoms with Crippen LogP contribution >= 0.6 is 11.6 Å². The summed E-state index contributed by atoms with van der Waals surface area (Å²) in [4.78, 5) is 60.7. The molecule has 0 aromatic heterocycles. The zero-order valence-electron chi connectivity index (χ0n) is 29.0. The third-order valence-electron chi connectivity index (χ3n) is 10.4. The first-order valence-corrected chi connectivity index (χ1v) is 18.1. The maximum atomic E-state index is 14.2. The van der Waals surface area contributed by atoms with Gasteiger partial charge >= 0.3 is 0 Å². The number of halogens is 1.